The van der Waals surface area contributed by atoms with Crippen molar-refractivity contribution in [2.24, 2.45) is 13.0 Å². The largest absolute Gasteiger partial charge is 0.365 e. The summed E-state index contributed by atoms with van der Waals surface area (Å²) in [7, 11) is 1.74. The average molecular weight is 307 g/mol. The zero-order chi connectivity index (χ0) is 15.1. The fourth-order valence-corrected chi connectivity index (χ4v) is 2.94. The van der Waals surface area contributed by atoms with Gasteiger partial charge >= 0.3 is 0 Å². The Hall–Kier alpha value is -1.52. The van der Waals surface area contributed by atoms with Gasteiger partial charge in [0.2, 0.25) is 0 Å². The Morgan fingerprint density at radius 2 is 2.00 bits per heavy atom. The maximum Gasteiger partial charge on any atom is 0.272 e. The van der Waals surface area contributed by atoms with Gasteiger partial charge < -0.3 is 4.74 Å². The van der Waals surface area contributed by atoms with E-state index in [1.165, 1.54) is 4.68 Å². The molecule has 0 unspecified atom stereocenters. The molecule has 0 bridgehead atoms. The van der Waals surface area contributed by atoms with Gasteiger partial charge in [0.25, 0.3) is 5.56 Å². The summed E-state index contributed by atoms with van der Waals surface area (Å²) in [5.41, 5.74) is 2.64. The Morgan fingerprint density at radius 1 is 1.33 bits per heavy atom. The van der Waals surface area contributed by atoms with Crippen LogP contribution in [0.1, 0.15) is 36.8 Å². The predicted octanol–water partition coefficient (Wildman–Crippen LogP) is 3.05. The minimum Gasteiger partial charge on any atom is -0.365 e. The number of aromatic nitrogens is 2. The number of fused-ring (bicyclic) bond motifs is 1. The molecule has 3 rings (SSSR count). The van der Waals surface area contributed by atoms with E-state index in [2.05, 4.69) is 18.9 Å². The van der Waals surface area contributed by atoms with E-state index in [-0.39, 0.29) is 17.8 Å². The molecule has 112 valence electrons. The van der Waals surface area contributed by atoms with Crippen LogP contribution in [0.3, 0.4) is 0 Å². The summed E-state index contributed by atoms with van der Waals surface area (Å²) >= 11 is 5.95. The van der Waals surface area contributed by atoms with Crippen LogP contribution < -0.4 is 5.56 Å². The molecule has 2 aromatic rings. The molecule has 0 saturated heterocycles. The number of aryl methyl sites for hydroxylation is 1. The number of H-pyrrole nitrogens is 1. The Balaban J connectivity index is 2.10. The van der Waals surface area contributed by atoms with Crippen LogP contribution in [0.2, 0.25) is 5.02 Å². The summed E-state index contributed by atoms with van der Waals surface area (Å²) in [5, 5.41) is 3.84. The van der Waals surface area contributed by atoms with Gasteiger partial charge in [0.15, 0.2) is 0 Å². The number of hydrogen-bond acceptors (Lipinski definition) is 2. The van der Waals surface area contributed by atoms with Crippen molar-refractivity contribution < 1.29 is 4.74 Å². The van der Waals surface area contributed by atoms with Gasteiger partial charge in [-0.2, -0.15) is 0 Å². The van der Waals surface area contributed by atoms with Gasteiger partial charge in [-0.25, -0.2) is 0 Å². The summed E-state index contributed by atoms with van der Waals surface area (Å²) in [5.74, 6) is 0.386. The molecule has 0 spiro atoms. The molecule has 2 atom stereocenters. The normalized spacial score (nSPS) is 21.6. The topological polar surface area (TPSA) is 47.0 Å². The van der Waals surface area contributed by atoms with Crippen LogP contribution in [0.4, 0.5) is 0 Å². The monoisotopic (exact) mass is 306 g/mol. The number of hydrogen-bond donors (Lipinski definition) is 1. The first-order valence-corrected chi connectivity index (χ1v) is 7.54. The second-order valence-corrected chi connectivity index (χ2v) is 6.36. The Labute approximate surface area is 128 Å². The van der Waals surface area contributed by atoms with Crippen LogP contribution in [0, 0.1) is 5.92 Å². The predicted molar refractivity (Wildman–Crippen MR) is 82.7 cm³/mol. The first-order valence-electron chi connectivity index (χ1n) is 7.16. The highest BCUT2D eigenvalue weighted by atomic mass is 35.5. The van der Waals surface area contributed by atoms with Gasteiger partial charge in [0.1, 0.15) is 6.10 Å². The van der Waals surface area contributed by atoms with E-state index in [0.717, 1.165) is 23.2 Å². The third kappa shape index (κ3) is 2.54. The molecule has 21 heavy (non-hydrogen) atoms. The number of nitrogens with zero attached hydrogens (tertiary/aromatic N) is 1. The molecule has 1 aromatic carbocycles. The maximum absolute atomic E-state index is 12.4. The molecule has 1 aromatic heterocycles. The number of nitrogens with one attached hydrogen (secondary N) is 1. The molecule has 1 aliphatic heterocycles. The molecule has 0 amide bonds. The standard InChI is InChI=1S/C16H19ClN2O2/c1-9(2)13-8-12-14(16(20)19(3)18-12)15(21-13)10-4-6-11(17)7-5-10/h4-7,9,13,15,18H,8H2,1-3H3/t13-,15-/m0/s1. The van der Waals surface area contributed by atoms with Crippen LogP contribution in [-0.4, -0.2) is 15.9 Å². The van der Waals surface area contributed by atoms with Crippen LogP contribution in [0.15, 0.2) is 29.1 Å². The van der Waals surface area contributed by atoms with Crippen molar-refractivity contribution in [2.45, 2.75) is 32.5 Å². The lowest BCUT2D eigenvalue weighted by atomic mass is 9.92. The molecular weight excluding hydrogens is 288 g/mol. The molecule has 2 heterocycles. The molecule has 1 aliphatic rings. The number of benzene rings is 1. The minimum absolute atomic E-state index is 0.0212. The van der Waals surface area contributed by atoms with E-state index < -0.39 is 0 Å². The minimum atomic E-state index is -0.330. The SMILES string of the molecule is CC(C)[C@@H]1Cc2[nH]n(C)c(=O)c2[C@H](c2ccc(Cl)cc2)O1. The van der Waals surface area contributed by atoms with Gasteiger partial charge in [-0.1, -0.05) is 37.6 Å². The van der Waals surface area contributed by atoms with Crippen molar-refractivity contribution in [1.29, 1.82) is 0 Å². The Morgan fingerprint density at radius 3 is 2.62 bits per heavy atom. The zero-order valence-corrected chi connectivity index (χ0v) is 13.1. The summed E-state index contributed by atoms with van der Waals surface area (Å²) in [6, 6.07) is 7.50. The van der Waals surface area contributed by atoms with Gasteiger partial charge in [-0.15, -0.1) is 0 Å². The third-order valence-corrected chi connectivity index (χ3v) is 4.31. The van der Waals surface area contributed by atoms with Crippen molar-refractivity contribution in [3.05, 3.63) is 56.5 Å². The highest BCUT2D eigenvalue weighted by Crippen LogP contribution is 2.35. The quantitative estimate of drug-likeness (QED) is 0.927. The van der Waals surface area contributed by atoms with Crippen LogP contribution in [0.25, 0.3) is 0 Å². The van der Waals surface area contributed by atoms with E-state index in [9.17, 15) is 4.79 Å². The molecule has 0 saturated carbocycles. The van der Waals surface area contributed by atoms with Crippen LogP contribution >= 0.6 is 11.6 Å². The molecule has 1 N–H and O–H groups in total. The fourth-order valence-electron chi connectivity index (χ4n) is 2.82. The highest BCUT2D eigenvalue weighted by Gasteiger charge is 2.34. The first kappa shape index (κ1) is 14.4. The average Bonchev–Trinajstić information content (AvgIpc) is 2.74. The van der Waals surface area contributed by atoms with Crippen molar-refractivity contribution in [1.82, 2.24) is 9.78 Å². The number of ether oxygens (including phenoxy) is 1. The second kappa shape index (κ2) is 5.35. The lowest BCUT2D eigenvalue weighted by Gasteiger charge is -2.32. The van der Waals surface area contributed by atoms with Gasteiger partial charge in [0, 0.05) is 24.2 Å². The second-order valence-electron chi connectivity index (χ2n) is 5.92. The first-order chi connectivity index (χ1) is 9.97. The Bertz CT molecular complexity index is 700. The molecule has 5 heteroatoms. The van der Waals surface area contributed by atoms with Gasteiger partial charge in [-0.05, 0) is 23.6 Å². The number of aromatic amines is 1. The van der Waals surface area contributed by atoms with Crippen molar-refractivity contribution >= 4 is 11.6 Å². The molecule has 0 aliphatic carbocycles. The Kier molecular flexibility index (Phi) is 3.68. The van der Waals surface area contributed by atoms with Gasteiger partial charge in [-0.3, -0.25) is 14.6 Å². The lowest BCUT2D eigenvalue weighted by Crippen LogP contribution is -2.33. The van der Waals surface area contributed by atoms with Crippen molar-refractivity contribution in [2.75, 3.05) is 0 Å². The van der Waals surface area contributed by atoms with Crippen molar-refractivity contribution in [3.63, 3.8) is 0 Å². The molecule has 0 radical (unpaired) electrons. The fraction of sp³-hybridized carbons (Fsp3) is 0.438. The van der Waals surface area contributed by atoms with Gasteiger partial charge in [0.05, 0.1) is 11.7 Å². The lowest BCUT2D eigenvalue weighted by molar-refractivity contribution is -0.0300. The van der Waals surface area contributed by atoms with Crippen LogP contribution in [-0.2, 0) is 18.2 Å². The third-order valence-electron chi connectivity index (χ3n) is 4.06. The number of halogens is 1. The summed E-state index contributed by atoms with van der Waals surface area (Å²) in [6.07, 6.45) is 0.507. The van der Waals surface area contributed by atoms with E-state index in [1.807, 2.05) is 24.3 Å². The summed E-state index contributed by atoms with van der Waals surface area (Å²) < 4.78 is 7.75. The number of rotatable bonds is 2. The maximum atomic E-state index is 12.4. The van der Waals surface area contributed by atoms with E-state index in [1.54, 1.807) is 7.05 Å². The van der Waals surface area contributed by atoms with E-state index >= 15 is 0 Å². The highest BCUT2D eigenvalue weighted by molar-refractivity contribution is 6.30. The van der Waals surface area contributed by atoms with E-state index in [4.69, 9.17) is 16.3 Å². The summed E-state index contributed by atoms with van der Waals surface area (Å²) in [6.45, 7) is 4.27. The molecule has 4 nitrogen and oxygen atoms in total. The zero-order valence-electron chi connectivity index (χ0n) is 12.4. The van der Waals surface area contributed by atoms with Crippen LogP contribution in [0.5, 0.6) is 0 Å². The molecule has 0 fully saturated rings. The molecular formula is C16H19ClN2O2. The van der Waals surface area contributed by atoms with Crippen molar-refractivity contribution in [3.8, 4) is 0 Å². The summed E-state index contributed by atoms with van der Waals surface area (Å²) in [4.78, 5) is 12.4. The van der Waals surface area contributed by atoms with E-state index in [0.29, 0.717) is 10.9 Å². The smallest absolute Gasteiger partial charge is 0.272 e.